The average Bonchev–Trinajstić information content (AvgIpc) is 2.26. The van der Waals surface area contributed by atoms with Crippen molar-refractivity contribution in [2.24, 2.45) is 0 Å². The van der Waals surface area contributed by atoms with Crippen molar-refractivity contribution in [2.45, 2.75) is 20.1 Å². The van der Waals surface area contributed by atoms with Crippen LogP contribution in [0.2, 0.25) is 0 Å². The average molecular weight is 248 g/mol. The molecule has 0 aromatic heterocycles. The van der Waals surface area contributed by atoms with Crippen molar-refractivity contribution in [2.75, 3.05) is 0 Å². The molecule has 5 nitrogen and oxygen atoms in total. The highest BCUT2D eigenvalue weighted by molar-refractivity contribution is 5.71. The van der Waals surface area contributed by atoms with Crippen molar-refractivity contribution < 1.29 is 23.8 Å². The molecule has 0 saturated heterocycles. The van der Waals surface area contributed by atoms with Crippen molar-refractivity contribution in [3.63, 3.8) is 0 Å². The van der Waals surface area contributed by atoms with Crippen LogP contribution in [0.4, 0.5) is 0 Å². The fourth-order valence-electron chi connectivity index (χ4n) is 1.56. The van der Waals surface area contributed by atoms with Gasteiger partial charge < -0.3 is 14.2 Å². The summed E-state index contributed by atoms with van der Waals surface area (Å²) < 4.78 is 15.3. The molecule has 18 heavy (non-hydrogen) atoms. The van der Waals surface area contributed by atoms with Gasteiger partial charge in [-0.05, 0) is 24.3 Å². The molecule has 0 aliphatic carbocycles. The summed E-state index contributed by atoms with van der Waals surface area (Å²) in [5.41, 5.74) is 0.828. The predicted octanol–water partition coefficient (Wildman–Crippen LogP) is 1.91. The Morgan fingerprint density at radius 3 is 2.67 bits per heavy atom. The molecule has 1 aromatic rings. The summed E-state index contributed by atoms with van der Waals surface area (Å²) in [4.78, 5) is 21.7. The highest BCUT2D eigenvalue weighted by Crippen LogP contribution is 2.30. The SMILES string of the molecule is CC(=O)Oc1ccc2c(c1)OC(OC(C)=O)C=C2. The lowest BCUT2D eigenvalue weighted by atomic mass is 10.1. The van der Waals surface area contributed by atoms with Gasteiger partial charge in [-0.3, -0.25) is 9.59 Å². The van der Waals surface area contributed by atoms with Crippen molar-refractivity contribution >= 4 is 18.0 Å². The third-order valence-corrected chi connectivity index (χ3v) is 2.20. The lowest BCUT2D eigenvalue weighted by Gasteiger charge is -2.21. The van der Waals surface area contributed by atoms with Crippen LogP contribution >= 0.6 is 0 Å². The van der Waals surface area contributed by atoms with Crippen LogP contribution < -0.4 is 9.47 Å². The van der Waals surface area contributed by atoms with Crippen molar-refractivity contribution in [3.05, 3.63) is 29.8 Å². The first-order chi connectivity index (χ1) is 8.54. The second kappa shape index (κ2) is 4.91. The van der Waals surface area contributed by atoms with Gasteiger partial charge in [-0.15, -0.1) is 0 Å². The molecule has 1 aliphatic rings. The maximum Gasteiger partial charge on any atom is 0.308 e. The number of rotatable bonds is 2. The second-order valence-corrected chi connectivity index (χ2v) is 3.75. The topological polar surface area (TPSA) is 61.8 Å². The molecule has 0 N–H and O–H groups in total. The third kappa shape index (κ3) is 2.88. The molecule has 1 heterocycles. The van der Waals surface area contributed by atoms with Gasteiger partial charge in [-0.1, -0.05) is 0 Å². The van der Waals surface area contributed by atoms with E-state index in [9.17, 15) is 9.59 Å². The number of esters is 2. The maximum absolute atomic E-state index is 10.8. The monoisotopic (exact) mass is 248 g/mol. The minimum absolute atomic E-state index is 0.387. The molecule has 0 fully saturated rings. The summed E-state index contributed by atoms with van der Waals surface area (Å²) in [5.74, 6) is 0.0581. The molecule has 1 unspecified atom stereocenters. The molecular weight excluding hydrogens is 236 g/mol. The van der Waals surface area contributed by atoms with Crippen LogP contribution in [-0.4, -0.2) is 18.2 Å². The fraction of sp³-hybridized carbons (Fsp3) is 0.231. The van der Waals surface area contributed by atoms with Gasteiger partial charge in [-0.25, -0.2) is 0 Å². The van der Waals surface area contributed by atoms with E-state index in [2.05, 4.69) is 0 Å². The molecule has 0 bridgehead atoms. The Morgan fingerprint density at radius 1 is 1.22 bits per heavy atom. The normalized spacial score (nSPS) is 16.4. The quantitative estimate of drug-likeness (QED) is 0.591. The number of benzene rings is 1. The van der Waals surface area contributed by atoms with Crippen LogP contribution in [0.25, 0.3) is 6.08 Å². The van der Waals surface area contributed by atoms with Crippen LogP contribution in [0.5, 0.6) is 11.5 Å². The molecule has 1 aromatic carbocycles. The van der Waals surface area contributed by atoms with Gasteiger partial charge in [-0.2, -0.15) is 0 Å². The number of carbonyl (C=O) groups excluding carboxylic acids is 2. The first-order valence-electron chi connectivity index (χ1n) is 5.39. The van der Waals surface area contributed by atoms with E-state index in [4.69, 9.17) is 14.2 Å². The van der Waals surface area contributed by atoms with E-state index in [0.717, 1.165) is 5.56 Å². The van der Waals surface area contributed by atoms with E-state index < -0.39 is 18.2 Å². The summed E-state index contributed by atoms with van der Waals surface area (Å²) >= 11 is 0. The molecular formula is C13H12O5. The standard InChI is InChI=1S/C13H12O5/c1-8(14)16-11-5-3-10-4-6-13(17-9(2)15)18-12(10)7-11/h3-7,13H,1-2H3. The fourth-order valence-corrected chi connectivity index (χ4v) is 1.56. The largest absolute Gasteiger partial charge is 0.450 e. The third-order valence-electron chi connectivity index (χ3n) is 2.20. The number of hydrogen-bond donors (Lipinski definition) is 0. The van der Waals surface area contributed by atoms with E-state index >= 15 is 0 Å². The van der Waals surface area contributed by atoms with Crippen LogP contribution in [-0.2, 0) is 14.3 Å². The molecule has 5 heteroatoms. The van der Waals surface area contributed by atoms with Gasteiger partial charge in [0.2, 0.25) is 0 Å². The summed E-state index contributed by atoms with van der Waals surface area (Å²) in [5, 5.41) is 0. The molecule has 0 amide bonds. The Bertz CT molecular complexity index is 518. The van der Waals surface area contributed by atoms with E-state index in [-0.39, 0.29) is 0 Å². The van der Waals surface area contributed by atoms with Crippen molar-refractivity contribution in [3.8, 4) is 11.5 Å². The van der Waals surface area contributed by atoms with Crippen molar-refractivity contribution in [1.82, 2.24) is 0 Å². The molecule has 0 saturated carbocycles. The molecule has 1 atom stereocenters. The smallest absolute Gasteiger partial charge is 0.308 e. The van der Waals surface area contributed by atoms with Crippen LogP contribution in [0.3, 0.4) is 0 Å². The van der Waals surface area contributed by atoms with E-state index in [1.54, 1.807) is 30.4 Å². The maximum atomic E-state index is 10.8. The van der Waals surface area contributed by atoms with Crippen LogP contribution in [0.15, 0.2) is 24.3 Å². The van der Waals surface area contributed by atoms with E-state index in [1.165, 1.54) is 13.8 Å². The lowest BCUT2D eigenvalue weighted by Crippen LogP contribution is -2.22. The molecule has 0 radical (unpaired) electrons. The number of fused-ring (bicyclic) bond motifs is 1. The minimum atomic E-state index is -0.748. The Labute approximate surface area is 104 Å². The Kier molecular flexibility index (Phi) is 3.32. The first-order valence-corrected chi connectivity index (χ1v) is 5.39. The van der Waals surface area contributed by atoms with E-state index in [1.807, 2.05) is 0 Å². The van der Waals surface area contributed by atoms with Crippen molar-refractivity contribution in [1.29, 1.82) is 0 Å². The number of carbonyl (C=O) groups is 2. The number of ether oxygens (including phenoxy) is 3. The summed E-state index contributed by atoms with van der Waals surface area (Å²) in [6, 6.07) is 5.00. The highest BCUT2D eigenvalue weighted by atomic mass is 16.7. The van der Waals surface area contributed by atoms with Crippen LogP contribution in [0, 0.1) is 0 Å². The minimum Gasteiger partial charge on any atom is -0.450 e. The lowest BCUT2D eigenvalue weighted by molar-refractivity contribution is -0.155. The van der Waals surface area contributed by atoms with E-state index in [0.29, 0.717) is 11.5 Å². The van der Waals surface area contributed by atoms with Gasteiger partial charge in [0.25, 0.3) is 6.29 Å². The zero-order valence-corrected chi connectivity index (χ0v) is 10.0. The second-order valence-electron chi connectivity index (χ2n) is 3.75. The van der Waals surface area contributed by atoms with Crippen LogP contribution in [0.1, 0.15) is 19.4 Å². The molecule has 1 aliphatic heterocycles. The zero-order chi connectivity index (χ0) is 13.1. The highest BCUT2D eigenvalue weighted by Gasteiger charge is 2.17. The molecule has 94 valence electrons. The predicted molar refractivity (Wildman–Crippen MR) is 63.0 cm³/mol. The number of hydrogen-bond acceptors (Lipinski definition) is 5. The Balaban J connectivity index is 2.18. The Hall–Kier alpha value is -2.30. The van der Waals surface area contributed by atoms with Gasteiger partial charge in [0.05, 0.1) is 0 Å². The summed E-state index contributed by atoms with van der Waals surface area (Å²) in [6.07, 6.45) is 2.67. The summed E-state index contributed by atoms with van der Waals surface area (Å²) in [6.45, 7) is 2.63. The van der Waals surface area contributed by atoms with Gasteiger partial charge in [0.15, 0.2) is 0 Å². The van der Waals surface area contributed by atoms with Gasteiger partial charge >= 0.3 is 11.9 Å². The van der Waals surface area contributed by atoms with Gasteiger partial charge in [0.1, 0.15) is 11.5 Å². The summed E-state index contributed by atoms with van der Waals surface area (Å²) in [7, 11) is 0. The zero-order valence-electron chi connectivity index (χ0n) is 10.0. The molecule has 0 spiro atoms. The first kappa shape index (κ1) is 12.2. The Morgan fingerprint density at radius 2 is 2.00 bits per heavy atom. The molecule has 2 rings (SSSR count). The van der Waals surface area contributed by atoms with Gasteiger partial charge in [0, 0.05) is 25.5 Å².